The van der Waals surface area contributed by atoms with Gasteiger partial charge in [-0.25, -0.2) is 9.98 Å². The average molecular weight is 132 g/mol. The van der Waals surface area contributed by atoms with Crippen LogP contribution in [0.2, 0.25) is 0 Å². The molecule has 1 heterocycles. The van der Waals surface area contributed by atoms with Crippen LogP contribution in [0.5, 0.6) is 0 Å². The summed E-state index contributed by atoms with van der Waals surface area (Å²) in [7, 11) is 0. The number of carbonyl (C=O) groups excluding carboxylic acids is 1. The fraction of sp³-hybridized carbons (Fsp3) is 0. The zero-order valence-corrected chi connectivity index (χ0v) is 5.11. The van der Waals surface area contributed by atoms with Crippen molar-refractivity contribution in [3.63, 3.8) is 0 Å². The predicted molar refractivity (Wildman–Crippen MR) is 38.2 cm³/mol. The SMILES string of the molecule is O=C1C=NC2=CC=CC2=N1. The number of hydrogen-bond acceptors (Lipinski definition) is 2. The fourth-order valence-corrected chi connectivity index (χ4v) is 0.877. The summed E-state index contributed by atoms with van der Waals surface area (Å²) in [6.07, 6.45) is 6.64. The van der Waals surface area contributed by atoms with E-state index in [2.05, 4.69) is 9.98 Å². The Morgan fingerprint density at radius 1 is 1.40 bits per heavy atom. The van der Waals surface area contributed by atoms with Crippen molar-refractivity contribution in [3.8, 4) is 0 Å². The van der Waals surface area contributed by atoms with Crippen LogP contribution < -0.4 is 0 Å². The first kappa shape index (κ1) is 5.29. The molecular weight excluding hydrogens is 128 g/mol. The lowest BCUT2D eigenvalue weighted by Crippen LogP contribution is -2.07. The Bertz CT molecular complexity index is 308. The van der Waals surface area contributed by atoms with Gasteiger partial charge >= 0.3 is 0 Å². The molecule has 0 aromatic rings. The molecule has 1 aliphatic carbocycles. The first-order valence-electron chi connectivity index (χ1n) is 2.92. The van der Waals surface area contributed by atoms with Gasteiger partial charge in [0.15, 0.2) is 0 Å². The molecule has 0 saturated carbocycles. The topological polar surface area (TPSA) is 41.8 Å². The van der Waals surface area contributed by atoms with Crippen molar-refractivity contribution in [1.82, 2.24) is 0 Å². The Labute approximate surface area is 57.5 Å². The van der Waals surface area contributed by atoms with E-state index < -0.39 is 0 Å². The molecular formula is C7H4N2O. The maximum Gasteiger partial charge on any atom is 0.288 e. The summed E-state index contributed by atoms with van der Waals surface area (Å²) in [5.74, 6) is -0.279. The molecule has 0 bridgehead atoms. The average Bonchev–Trinajstić information content (AvgIpc) is 2.33. The zero-order chi connectivity index (χ0) is 6.97. The fourth-order valence-electron chi connectivity index (χ4n) is 0.877. The molecule has 0 fully saturated rings. The maximum absolute atomic E-state index is 10.6. The Morgan fingerprint density at radius 2 is 2.30 bits per heavy atom. The van der Waals surface area contributed by atoms with Crippen LogP contribution >= 0.6 is 0 Å². The van der Waals surface area contributed by atoms with E-state index in [1.54, 1.807) is 6.08 Å². The standard InChI is InChI=1S/C7H4N2O/c10-7-4-8-5-2-1-3-6(5)9-7/h1-4H. The molecule has 1 amide bonds. The van der Waals surface area contributed by atoms with Crippen LogP contribution in [0.4, 0.5) is 0 Å². The van der Waals surface area contributed by atoms with Gasteiger partial charge in [-0.2, -0.15) is 0 Å². The van der Waals surface area contributed by atoms with Crippen LogP contribution in [0.1, 0.15) is 0 Å². The maximum atomic E-state index is 10.6. The Kier molecular flexibility index (Phi) is 0.917. The van der Waals surface area contributed by atoms with Gasteiger partial charge in [0.25, 0.3) is 5.91 Å². The Morgan fingerprint density at radius 3 is 3.20 bits per heavy atom. The minimum Gasteiger partial charge on any atom is -0.266 e. The molecule has 1 aliphatic heterocycles. The number of amides is 1. The number of nitrogens with zero attached hydrogens (tertiary/aromatic N) is 2. The molecule has 0 atom stereocenters. The molecule has 0 N–H and O–H groups in total. The second kappa shape index (κ2) is 1.73. The summed E-state index contributed by atoms with van der Waals surface area (Å²) >= 11 is 0. The van der Waals surface area contributed by atoms with Crippen molar-refractivity contribution in [2.45, 2.75) is 0 Å². The third-order valence-corrected chi connectivity index (χ3v) is 1.32. The van der Waals surface area contributed by atoms with E-state index in [9.17, 15) is 4.79 Å². The van der Waals surface area contributed by atoms with Crippen molar-refractivity contribution < 1.29 is 4.79 Å². The third-order valence-electron chi connectivity index (χ3n) is 1.32. The molecule has 48 valence electrons. The molecule has 10 heavy (non-hydrogen) atoms. The summed E-state index contributed by atoms with van der Waals surface area (Å²) in [5, 5.41) is 0. The van der Waals surface area contributed by atoms with E-state index in [1.807, 2.05) is 12.2 Å². The minimum atomic E-state index is -0.279. The van der Waals surface area contributed by atoms with Gasteiger partial charge in [-0.1, -0.05) is 6.08 Å². The first-order chi connectivity index (χ1) is 4.86. The van der Waals surface area contributed by atoms with Gasteiger partial charge in [0.1, 0.15) is 0 Å². The summed E-state index contributed by atoms with van der Waals surface area (Å²) in [4.78, 5) is 18.2. The van der Waals surface area contributed by atoms with Gasteiger partial charge in [0.2, 0.25) is 0 Å². The summed E-state index contributed by atoms with van der Waals surface area (Å²) in [6.45, 7) is 0. The van der Waals surface area contributed by atoms with Gasteiger partial charge in [-0.3, -0.25) is 4.79 Å². The largest absolute Gasteiger partial charge is 0.288 e. The number of hydrogen-bond donors (Lipinski definition) is 0. The number of rotatable bonds is 0. The van der Waals surface area contributed by atoms with Crippen molar-refractivity contribution in [3.05, 3.63) is 23.9 Å². The molecule has 3 nitrogen and oxygen atoms in total. The first-order valence-corrected chi connectivity index (χ1v) is 2.92. The predicted octanol–water partition coefficient (Wildman–Crippen LogP) is 0.492. The van der Waals surface area contributed by atoms with E-state index in [-0.39, 0.29) is 5.91 Å². The van der Waals surface area contributed by atoms with E-state index in [0.717, 1.165) is 5.70 Å². The van der Waals surface area contributed by atoms with E-state index in [1.165, 1.54) is 6.21 Å². The molecule has 2 aliphatic rings. The number of allylic oxidation sites excluding steroid dienone is 3. The molecule has 0 radical (unpaired) electrons. The molecule has 0 aromatic carbocycles. The molecule has 3 heteroatoms. The van der Waals surface area contributed by atoms with Crippen LogP contribution in [0.15, 0.2) is 33.9 Å². The number of aliphatic imine (C=N–C) groups is 2. The molecule has 0 unspecified atom stereocenters. The van der Waals surface area contributed by atoms with E-state index in [4.69, 9.17) is 0 Å². The summed E-state index contributed by atoms with van der Waals surface area (Å²) in [6, 6.07) is 0. The monoisotopic (exact) mass is 132 g/mol. The van der Waals surface area contributed by atoms with E-state index >= 15 is 0 Å². The zero-order valence-electron chi connectivity index (χ0n) is 5.11. The van der Waals surface area contributed by atoms with Crippen LogP contribution in [0, 0.1) is 0 Å². The summed E-state index contributed by atoms with van der Waals surface area (Å²) < 4.78 is 0. The smallest absolute Gasteiger partial charge is 0.266 e. The second-order valence-electron chi connectivity index (χ2n) is 2.00. The minimum absolute atomic E-state index is 0.279. The normalized spacial score (nSPS) is 20.6. The van der Waals surface area contributed by atoms with Gasteiger partial charge in [-0.15, -0.1) is 0 Å². The van der Waals surface area contributed by atoms with Gasteiger partial charge < -0.3 is 0 Å². The highest BCUT2D eigenvalue weighted by Crippen LogP contribution is 2.11. The number of fused-ring (bicyclic) bond motifs is 1. The lowest BCUT2D eigenvalue weighted by molar-refractivity contribution is -0.111. The van der Waals surface area contributed by atoms with E-state index in [0.29, 0.717) is 5.71 Å². The molecule has 0 saturated heterocycles. The van der Waals surface area contributed by atoms with Crippen molar-refractivity contribution in [2.24, 2.45) is 9.98 Å². The lowest BCUT2D eigenvalue weighted by atomic mass is 10.3. The second-order valence-corrected chi connectivity index (χ2v) is 2.00. The Hall–Kier alpha value is -1.51. The highest BCUT2D eigenvalue weighted by Gasteiger charge is 2.12. The van der Waals surface area contributed by atoms with Gasteiger partial charge in [-0.05, 0) is 12.2 Å². The highest BCUT2D eigenvalue weighted by atomic mass is 16.1. The highest BCUT2D eigenvalue weighted by molar-refractivity contribution is 6.35. The molecule has 0 aromatic heterocycles. The third kappa shape index (κ3) is 0.639. The Balaban J connectivity index is 2.51. The van der Waals surface area contributed by atoms with Gasteiger partial charge in [0, 0.05) is 0 Å². The van der Waals surface area contributed by atoms with Crippen LogP contribution in [-0.4, -0.2) is 17.8 Å². The van der Waals surface area contributed by atoms with Gasteiger partial charge in [0.05, 0.1) is 17.6 Å². The van der Waals surface area contributed by atoms with Crippen molar-refractivity contribution >= 4 is 17.8 Å². The van der Waals surface area contributed by atoms with Crippen LogP contribution in [-0.2, 0) is 4.79 Å². The lowest BCUT2D eigenvalue weighted by Gasteiger charge is -1.99. The molecule has 0 spiro atoms. The quantitative estimate of drug-likeness (QED) is 0.473. The van der Waals surface area contributed by atoms with Crippen molar-refractivity contribution in [1.29, 1.82) is 0 Å². The van der Waals surface area contributed by atoms with Crippen LogP contribution in [0.3, 0.4) is 0 Å². The van der Waals surface area contributed by atoms with Crippen molar-refractivity contribution in [2.75, 3.05) is 0 Å². The summed E-state index contributed by atoms with van der Waals surface area (Å²) in [5.41, 5.74) is 1.45. The van der Waals surface area contributed by atoms with Crippen LogP contribution in [0.25, 0.3) is 0 Å². The molecule has 2 rings (SSSR count). The number of carbonyl (C=O) groups is 1.